The van der Waals surface area contributed by atoms with Crippen LogP contribution in [-0.4, -0.2) is 64.7 Å². The number of carbonyl (C=O) groups is 2. The van der Waals surface area contributed by atoms with Crippen molar-refractivity contribution >= 4 is 28.8 Å². The van der Waals surface area contributed by atoms with Crippen LogP contribution in [0.4, 0.5) is 11.4 Å². The molecule has 1 saturated carbocycles. The third-order valence-corrected chi connectivity index (χ3v) is 7.17. The van der Waals surface area contributed by atoms with Gasteiger partial charge in [0.1, 0.15) is 0 Å². The summed E-state index contributed by atoms with van der Waals surface area (Å²) in [5.41, 5.74) is 4.37. The van der Waals surface area contributed by atoms with Crippen molar-refractivity contribution in [3.8, 4) is 11.1 Å². The van der Waals surface area contributed by atoms with Crippen molar-refractivity contribution in [3.63, 3.8) is 0 Å². The molecular weight excluding hydrogens is 458 g/mol. The van der Waals surface area contributed by atoms with E-state index >= 15 is 0 Å². The maximum Gasteiger partial charge on any atom is 0.294 e. The molecule has 0 unspecified atom stereocenters. The number of nitrogens with one attached hydrogen (secondary N) is 2. The molecule has 2 fully saturated rings. The molecular formula is C25H27N9O2. The molecule has 4 aromatic heterocycles. The van der Waals surface area contributed by atoms with Crippen LogP contribution in [0.5, 0.6) is 0 Å². The van der Waals surface area contributed by atoms with E-state index in [1.807, 2.05) is 25.4 Å². The van der Waals surface area contributed by atoms with Crippen molar-refractivity contribution in [1.82, 2.24) is 34.3 Å². The average Bonchev–Trinajstić information content (AvgIpc) is 3.15. The lowest BCUT2D eigenvalue weighted by Crippen LogP contribution is -2.38. The van der Waals surface area contributed by atoms with Gasteiger partial charge in [-0.15, -0.1) is 10.2 Å². The number of hydrogen-bond acceptors (Lipinski definition) is 7. The van der Waals surface area contributed by atoms with Crippen molar-refractivity contribution in [1.29, 1.82) is 0 Å². The molecule has 1 aliphatic heterocycles. The molecule has 1 aliphatic carbocycles. The van der Waals surface area contributed by atoms with E-state index in [0.717, 1.165) is 24.1 Å². The zero-order chi connectivity index (χ0) is 24.9. The first kappa shape index (κ1) is 22.4. The Kier molecular flexibility index (Phi) is 5.29. The van der Waals surface area contributed by atoms with E-state index in [4.69, 9.17) is 0 Å². The Labute approximate surface area is 207 Å². The van der Waals surface area contributed by atoms with Gasteiger partial charge in [0.15, 0.2) is 5.65 Å². The molecule has 0 bridgehead atoms. The predicted molar refractivity (Wildman–Crippen MR) is 134 cm³/mol. The Morgan fingerprint density at radius 1 is 1.08 bits per heavy atom. The molecule has 6 rings (SSSR count). The van der Waals surface area contributed by atoms with Gasteiger partial charge in [-0.1, -0.05) is 0 Å². The highest BCUT2D eigenvalue weighted by atomic mass is 16.2. The first-order valence-corrected chi connectivity index (χ1v) is 12.1. The molecule has 0 atom stereocenters. The van der Waals surface area contributed by atoms with Gasteiger partial charge in [-0.3, -0.25) is 28.6 Å². The largest absolute Gasteiger partial charge is 0.324 e. The number of amides is 2. The second kappa shape index (κ2) is 8.52. The molecule has 0 radical (unpaired) electrons. The van der Waals surface area contributed by atoms with Gasteiger partial charge < -0.3 is 10.6 Å². The van der Waals surface area contributed by atoms with Gasteiger partial charge in [-0.2, -0.15) is 5.10 Å². The normalized spacial score (nSPS) is 16.5. The lowest BCUT2D eigenvalue weighted by Gasteiger charge is -2.23. The summed E-state index contributed by atoms with van der Waals surface area (Å²) in [5.74, 6) is -0.336. The van der Waals surface area contributed by atoms with Crippen LogP contribution in [0.15, 0.2) is 43.0 Å². The number of anilines is 2. The molecule has 11 nitrogen and oxygen atoms in total. The highest BCUT2D eigenvalue weighted by molar-refractivity contribution is 6.03. The Morgan fingerprint density at radius 2 is 1.94 bits per heavy atom. The Morgan fingerprint density at radius 3 is 2.72 bits per heavy atom. The Bertz CT molecular complexity index is 1480. The topological polar surface area (TPSA) is 122 Å². The van der Waals surface area contributed by atoms with Crippen LogP contribution in [0.25, 0.3) is 16.8 Å². The third-order valence-electron chi connectivity index (χ3n) is 7.17. The number of aromatic nitrogens is 6. The second-order valence-corrected chi connectivity index (χ2v) is 9.68. The number of carbonyl (C=O) groups excluding carboxylic acids is 2. The fourth-order valence-electron chi connectivity index (χ4n) is 5.03. The summed E-state index contributed by atoms with van der Waals surface area (Å²) in [6.45, 7) is 3.14. The van der Waals surface area contributed by atoms with Gasteiger partial charge in [0.05, 0.1) is 36.0 Å². The fraction of sp³-hybridized carbons (Fsp3) is 0.360. The van der Waals surface area contributed by atoms with Crippen molar-refractivity contribution in [3.05, 3.63) is 54.5 Å². The highest BCUT2D eigenvalue weighted by Crippen LogP contribution is 2.49. The Hall–Kier alpha value is -4.12. The maximum atomic E-state index is 13.1. The van der Waals surface area contributed by atoms with Crippen molar-refractivity contribution in [2.45, 2.75) is 38.1 Å². The molecule has 5 heterocycles. The Balaban J connectivity index is 1.16. The molecule has 1 spiro atoms. The molecule has 184 valence electrons. The molecule has 2 aliphatic rings. The molecule has 1 saturated heterocycles. The molecule has 2 N–H and O–H groups in total. The van der Waals surface area contributed by atoms with Crippen LogP contribution in [0, 0.1) is 6.92 Å². The molecule has 2 amide bonds. The molecule has 4 aromatic rings. The van der Waals surface area contributed by atoms with Gasteiger partial charge in [0.2, 0.25) is 11.7 Å². The van der Waals surface area contributed by atoms with E-state index < -0.39 is 5.91 Å². The monoisotopic (exact) mass is 485 g/mol. The van der Waals surface area contributed by atoms with E-state index in [-0.39, 0.29) is 17.3 Å². The van der Waals surface area contributed by atoms with Gasteiger partial charge in [0.25, 0.3) is 5.91 Å². The first-order valence-electron chi connectivity index (χ1n) is 12.1. The standard InChI is InChI=1S/C25H27N9O2/c1-16-20(11-19(13-26-16)28-22(35)15-33-8-3-5-25(33)6-7-25)29-24(36)23-31-30-21-10-17(4-9-34(21)23)18-12-27-32(2)14-18/h4,9-14H,3,5-8,15H2,1-2H3,(H,28,35)(H,29,36). The van der Waals surface area contributed by atoms with E-state index in [9.17, 15) is 9.59 Å². The van der Waals surface area contributed by atoms with Gasteiger partial charge >= 0.3 is 0 Å². The summed E-state index contributed by atoms with van der Waals surface area (Å²) >= 11 is 0. The van der Waals surface area contributed by atoms with Crippen LogP contribution in [-0.2, 0) is 11.8 Å². The molecule has 36 heavy (non-hydrogen) atoms. The summed E-state index contributed by atoms with van der Waals surface area (Å²) in [5, 5.41) is 18.2. The van der Waals surface area contributed by atoms with Crippen LogP contribution in [0.3, 0.4) is 0 Å². The van der Waals surface area contributed by atoms with Crippen LogP contribution in [0.2, 0.25) is 0 Å². The van der Waals surface area contributed by atoms with Gasteiger partial charge in [-0.25, -0.2) is 0 Å². The predicted octanol–water partition coefficient (Wildman–Crippen LogP) is 2.65. The maximum absolute atomic E-state index is 13.1. The summed E-state index contributed by atoms with van der Waals surface area (Å²) in [6, 6.07) is 5.47. The second-order valence-electron chi connectivity index (χ2n) is 9.68. The van der Waals surface area contributed by atoms with Crippen molar-refractivity contribution in [2.24, 2.45) is 7.05 Å². The summed E-state index contributed by atoms with van der Waals surface area (Å²) in [4.78, 5) is 32.4. The van der Waals surface area contributed by atoms with Gasteiger partial charge in [-0.05, 0) is 62.9 Å². The van der Waals surface area contributed by atoms with Crippen LogP contribution in [0.1, 0.15) is 42.0 Å². The van der Waals surface area contributed by atoms with Crippen molar-refractivity contribution in [2.75, 3.05) is 23.7 Å². The first-order chi connectivity index (χ1) is 17.4. The molecule has 11 heteroatoms. The zero-order valence-electron chi connectivity index (χ0n) is 20.2. The van der Waals surface area contributed by atoms with E-state index in [1.54, 1.807) is 40.7 Å². The average molecular weight is 486 g/mol. The minimum atomic E-state index is -0.419. The van der Waals surface area contributed by atoms with E-state index in [0.29, 0.717) is 29.3 Å². The lowest BCUT2D eigenvalue weighted by atomic mass is 10.1. The minimum absolute atomic E-state index is 0.0704. The van der Waals surface area contributed by atoms with Crippen molar-refractivity contribution < 1.29 is 9.59 Å². The summed E-state index contributed by atoms with van der Waals surface area (Å²) in [6.07, 6.45) is 11.8. The SMILES string of the molecule is Cc1ncc(NC(=O)CN2CCCC23CC3)cc1NC(=O)c1nnc2cc(-c3cnn(C)c3)ccn12. The van der Waals surface area contributed by atoms with Gasteiger partial charge in [0, 0.05) is 30.5 Å². The number of rotatable bonds is 6. The number of hydrogen-bond donors (Lipinski definition) is 2. The smallest absolute Gasteiger partial charge is 0.294 e. The van der Waals surface area contributed by atoms with E-state index in [2.05, 4.69) is 35.8 Å². The number of nitrogens with zero attached hydrogens (tertiary/aromatic N) is 7. The van der Waals surface area contributed by atoms with Crippen LogP contribution < -0.4 is 10.6 Å². The third kappa shape index (κ3) is 4.11. The quantitative estimate of drug-likeness (QED) is 0.430. The number of pyridine rings is 2. The number of fused-ring (bicyclic) bond motifs is 1. The fourth-order valence-corrected chi connectivity index (χ4v) is 5.03. The van der Waals surface area contributed by atoms with E-state index in [1.165, 1.54) is 19.3 Å². The minimum Gasteiger partial charge on any atom is -0.324 e. The molecule has 0 aromatic carbocycles. The summed E-state index contributed by atoms with van der Waals surface area (Å²) in [7, 11) is 1.86. The number of aryl methyl sites for hydroxylation is 2. The number of likely N-dealkylation sites (tertiary alicyclic amines) is 1. The zero-order valence-corrected chi connectivity index (χ0v) is 20.2. The highest BCUT2D eigenvalue weighted by Gasteiger charge is 2.50. The lowest BCUT2D eigenvalue weighted by molar-refractivity contribution is -0.117. The van der Waals surface area contributed by atoms with Crippen LogP contribution >= 0.6 is 0 Å². The summed E-state index contributed by atoms with van der Waals surface area (Å²) < 4.78 is 3.36.